The van der Waals surface area contributed by atoms with Gasteiger partial charge in [0.25, 0.3) is 0 Å². The maximum atomic E-state index is 9.87. The van der Waals surface area contributed by atoms with E-state index in [-0.39, 0.29) is 0 Å². The molecule has 0 aromatic heterocycles. The number of carboxylic acids is 1. The van der Waals surface area contributed by atoms with Crippen LogP contribution in [-0.4, -0.2) is 26.3 Å². The van der Waals surface area contributed by atoms with Gasteiger partial charge >= 0.3 is 5.97 Å². The molecule has 0 spiro atoms. The van der Waals surface area contributed by atoms with Crippen molar-refractivity contribution in [2.75, 3.05) is 0 Å². The summed E-state index contributed by atoms with van der Waals surface area (Å²) >= 11 is 0.432. The molecule has 1 N–H and O–H groups in total. The zero-order valence-electron chi connectivity index (χ0n) is 9.31. The number of hydrogen-bond acceptors (Lipinski definition) is 1. The highest BCUT2D eigenvalue weighted by atomic mass is 27.1. The normalized spacial score (nSPS) is 8.54. The molecule has 0 aliphatic heterocycles. The van der Waals surface area contributed by atoms with E-state index in [1.54, 1.807) is 0 Å². The van der Waals surface area contributed by atoms with Gasteiger partial charge in [-0.2, -0.15) is 0 Å². The fraction of sp³-hybridized carbons (Fsp3) is 0.900. The van der Waals surface area contributed by atoms with Crippen LogP contribution >= 0.6 is 0 Å². The summed E-state index contributed by atoms with van der Waals surface area (Å²) in [5.74, 6) is -0.682. The topological polar surface area (TPSA) is 37.3 Å². The summed E-state index contributed by atoms with van der Waals surface area (Å²) in [6, 6.07) is 0. The third-order valence-corrected chi connectivity index (χ3v) is 3.12. The summed E-state index contributed by atoms with van der Waals surface area (Å²) in [5, 5.41) is 11.1. The number of unbranched alkanes of at least 4 members (excludes halogenated alkanes) is 2. The first-order valence-corrected chi connectivity index (χ1v) is 7.40. The van der Waals surface area contributed by atoms with Gasteiger partial charge in [0.05, 0.1) is 0 Å². The van der Waals surface area contributed by atoms with Crippen LogP contribution in [0.25, 0.3) is 0 Å². The average molecular weight is 202 g/mol. The maximum Gasteiger partial charge on any atom is 0.303 e. The zero-order chi connectivity index (χ0) is 10.5. The van der Waals surface area contributed by atoms with Gasteiger partial charge in [-0.1, -0.05) is 33.6 Å². The van der Waals surface area contributed by atoms with Gasteiger partial charge in [-0.15, -0.1) is 10.6 Å². The molecule has 0 fully saturated rings. The summed E-state index contributed by atoms with van der Waals surface area (Å²) in [5.41, 5.74) is 0. The van der Waals surface area contributed by atoms with Crippen LogP contribution in [0.4, 0.5) is 0 Å². The molecular formula is C10H23AlO2. The van der Waals surface area contributed by atoms with Crippen molar-refractivity contribution < 1.29 is 9.90 Å². The minimum absolute atomic E-state index is 0.327. The molecular weight excluding hydrogens is 179 g/mol. The van der Waals surface area contributed by atoms with Crippen molar-refractivity contribution in [2.24, 2.45) is 0 Å². The van der Waals surface area contributed by atoms with Crippen LogP contribution in [0, 0.1) is 0 Å². The van der Waals surface area contributed by atoms with Crippen molar-refractivity contribution in [2.45, 2.75) is 57.0 Å². The summed E-state index contributed by atoms with van der Waals surface area (Å²) in [4.78, 5) is 9.87. The predicted octanol–water partition coefficient (Wildman–Crippen LogP) is 2.95. The Kier molecular flexibility index (Phi) is 17.3. The van der Waals surface area contributed by atoms with E-state index in [9.17, 15) is 4.79 Å². The molecule has 0 heterocycles. The van der Waals surface area contributed by atoms with Gasteiger partial charge < -0.3 is 5.11 Å². The van der Waals surface area contributed by atoms with Crippen LogP contribution in [0.1, 0.15) is 46.5 Å². The average Bonchev–Trinajstić information content (AvgIpc) is 2.07. The van der Waals surface area contributed by atoms with Crippen molar-refractivity contribution in [3.63, 3.8) is 0 Å². The van der Waals surface area contributed by atoms with Crippen LogP contribution < -0.4 is 0 Å². The molecule has 0 aromatic rings. The molecule has 0 aliphatic rings. The van der Waals surface area contributed by atoms with E-state index in [0.29, 0.717) is 21.6 Å². The van der Waals surface area contributed by atoms with Gasteiger partial charge in [-0.25, -0.2) is 0 Å². The summed E-state index contributed by atoms with van der Waals surface area (Å²) in [7, 11) is 0. The Balaban J connectivity index is 0. The third-order valence-electron chi connectivity index (χ3n) is 1.70. The van der Waals surface area contributed by atoms with Crippen LogP contribution in [0.5, 0.6) is 0 Å². The molecule has 0 radical (unpaired) electrons. The van der Waals surface area contributed by atoms with E-state index in [1.807, 2.05) is 0 Å². The van der Waals surface area contributed by atoms with E-state index >= 15 is 0 Å². The second-order valence-electron chi connectivity index (χ2n) is 3.20. The lowest BCUT2D eigenvalue weighted by Gasteiger charge is -1.89. The molecule has 78 valence electrons. The first kappa shape index (κ1) is 15.5. The number of carbonyl (C=O) groups is 1. The van der Waals surface area contributed by atoms with Crippen molar-refractivity contribution in [3.8, 4) is 0 Å². The van der Waals surface area contributed by atoms with Gasteiger partial charge in [0, 0.05) is 6.42 Å². The molecule has 0 aliphatic carbocycles. The highest BCUT2D eigenvalue weighted by Gasteiger charge is 1.92. The highest BCUT2D eigenvalue weighted by Crippen LogP contribution is 1.97. The molecule has 0 saturated heterocycles. The zero-order valence-corrected chi connectivity index (χ0v) is 10.7. The Morgan fingerprint density at radius 3 is 1.92 bits per heavy atom. The second kappa shape index (κ2) is 14.5. The molecule has 0 amide bonds. The first-order valence-electron chi connectivity index (χ1n) is 5.40. The van der Waals surface area contributed by atoms with E-state index in [1.165, 1.54) is 10.6 Å². The lowest BCUT2D eigenvalue weighted by atomic mass is 10.2. The Morgan fingerprint density at radius 1 is 1.15 bits per heavy atom. The standard InChI is InChI=1S/C6H12O2.2C2H5.Al.H/c1-2-3-4-5-6(7)8;2*1-2;;/h2-5H2,1H3,(H,7,8);2*1H2,2H3;;. The molecule has 0 atom stereocenters. The Labute approximate surface area is 88.4 Å². The number of rotatable bonds is 6. The van der Waals surface area contributed by atoms with Crippen LogP contribution in [-0.2, 0) is 4.79 Å². The summed E-state index contributed by atoms with van der Waals surface area (Å²) < 4.78 is 0. The molecule has 0 bridgehead atoms. The molecule has 2 nitrogen and oxygen atoms in total. The van der Waals surface area contributed by atoms with Crippen molar-refractivity contribution in [1.82, 2.24) is 0 Å². The minimum Gasteiger partial charge on any atom is -0.481 e. The van der Waals surface area contributed by atoms with Crippen molar-refractivity contribution in [1.29, 1.82) is 0 Å². The van der Waals surface area contributed by atoms with Crippen LogP contribution in [0.15, 0.2) is 0 Å². The van der Waals surface area contributed by atoms with Gasteiger partial charge in [-0.3, -0.25) is 4.79 Å². The highest BCUT2D eigenvalue weighted by molar-refractivity contribution is 6.34. The number of hydrogen-bond donors (Lipinski definition) is 1. The second-order valence-corrected chi connectivity index (χ2v) is 5.91. The largest absolute Gasteiger partial charge is 0.481 e. The molecule has 0 rings (SSSR count). The molecule has 3 heteroatoms. The van der Waals surface area contributed by atoms with E-state index in [0.717, 1.165) is 19.3 Å². The quantitative estimate of drug-likeness (QED) is 0.531. The fourth-order valence-corrected chi connectivity index (χ4v) is 1.59. The minimum atomic E-state index is -0.682. The Morgan fingerprint density at radius 2 is 1.69 bits per heavy atom. The van der Waals surface area contributed by atoms with E-state index in [4.69, 9.17) is 5.11 Å². The SMILES string of the molecule is CCCCCC(=O)O.C[CH2][AlH][CH2]C. The van der Waals surface area contributed by atoms with Gasteiger partial charge in [-0.05, 0) is 6.42 Å². The Bertz CT molecular complexity index is 103. The predicted molar refractivity (Wildman–Crippen MR) is 59.9 cm³/mol. The van der Waals surface area contributed by atoms with Crippen molar-refractivity contribution >= 4 is 21.2 Å². The van der Waals surface area contributed by atoms with Crippen LogP contribution in [0.2, 0.25) is 10.6 Å². The smallest absolute Gasteiger partial charge is 0.303 e. The Hall–Kier alpha value is 0.00247. The molecule has 0 aromatic carbocycles. The first-order chi connectivity index (χ1) is 6.18. The summed E-state index contributed by atoms with van der Waals surface area (Å²) in [6.07, 6.45) is 3.28. The van der Waals surface area contributed by atoms with E-state index < -0.39 is 5.97 Å². The van der Waals surface area contributed by atoms with E-state index in [2.05, 4.69) is 20.8 Å². The lowest BCUT2D eigenvalue weighted by molar-refractivity contribution is -0.137. The lowest BCUT2D eigenvalue weighted by Crippen LogP contribution is -1.92. The molecule has 0 saturated carbocycles. The summed E-state index contributed by atoms with van der Waals surface area (Å²) in [6.45, 7) is 6.60. The van der Waals surface area contributed by atoms with Gasteiger partial charge in [0.2, 0.25) is 15.2 Å². The van der Waals surface area contributed by atoms with Crippen molar-refractivity contribution in [3.05, 3.63) is 0 Å². The molecule has 0 unspecified atom stereocenters. The van der Waals surface area contributed by atoms with Crippen LogP contribution in [0.3, 0.4) is 0 Å². The molecule has 13 heavy (non-hydrogen) atoms. The van der Waals surface area contributed by atoms with Gasteiger partial charge in [0.15, 0.2) is 0 Å². The maximum absolute atomic E-state index is 9.87. The monoisotopic (exact) mass is 202 g/mol. The number of aliphatic carboxylic acids is 1. The van der Waals surface area contributed by atoms with Gasteiger partial charge in [0.1, 0.15) is 0 Å². The number of carboxylic acid groups (broad SMARTS) is 1. The third kappa shape index (κ3) is 24.5. The fourth-order valence-electron chi connectivity index (χ4n) is 0.880.